The molecule has 0 amide bonds. The van der Waals surface area contributed by atoms with Crippen molar-refractivity contribution in [1.82, 2.24) is 20.1 Å². The number of pyridine rings is 1. The summed E-state index contributed by atoms with van der Waals surface area (Å²) in [6.07, 6.45) is -2.60. The van der Waals surface area contributed by atoms with Gasteiger partial charge in [0.2, 0.25) is 0 Å². The molecule has 1 aliphatic heterocycles. The maximum Gasteiger partial charge on any atom is 0.433 e. The summed E-state index contributed by atoms with van der Waals surface area (Å²) in [6.45, 7) is 2.70. The van der Waals surface area contributed by atoms with Crippen LogP contribution in [0.3, 0.4) is 0 Å². The average molecular weight is 456 g/mol. The quantitative estimate of drug-likeness (QED) is 0.513. The average Bonchev–Trinajstić information content (AvgIpc) is 3.35. The Hall–Kier alpha value is -2.10. The lowest BCUT2D eigenvalue weighted by atomic mass is 9.93. The van der Waals surface area contributed by atoms with Gasteiger partial charge in [0.05, 0.1) is 22.3 Å². The van der Waals surface area contributed by atoms with Gasteiger partial charge in [-0.1, -0.05) is 17.7 Å². The standard InChI is InChI=1S/C20H21ClF3N5S/c21-18-5-4-15(30-18)11-25-19-10-16(27-28-19)13-6-8-29(9-7-13)12-14-2-1-3-17(26-14)20(22,23)24/h1-5,10,13H,6-9,11-12H2,(H2,25,27,28). The molecular weight excluding hydrogens is 435 g/mol. The van der Waals surface area contributed by atoms with E-state index in [1.54, 1.807) is 17.4 Å². The molecule has 0 aliphatic carbocycles. The molecule has 0 bridgehead atoms. The van der Waals surface area contributed by atoms with E-state index in [9.17, 15) is 13.2 Å². The number of nitrogens with one attached hydrogen (secondary N) is 2. The SMILES string of the molecule is FC(F)(F)c1cccc(CN2CCC(c3cc(NCc4ccc(Cl)s4)[nH]n3)CC2)n1. The number of aromatic amines is 1. The Bertz CT molecular complexity index is 979. The van der Waals surface area contributed by atoms with Gasteiger partial charge in [0.15, 0.2) is 0 Å². The number of hydrogen-bond acceptors (Lipinski definition) is 5. The van der Waals surface area contributed by atoms with E-state index >= 15 is 0 Å². The fraction of sp³-hybridized carbons (Fsp3) is 0.400. The number of piperidine rings is 1. The van der Waals surface area contributed by atoms with E-state index in [1.165, 1.54) is 6.07 Å². The number of nitrogens with zero attached hydrogens (tertiary/aromatic N) is 3. The van der Waals surface area contributed by atoms with Gasteiger partial charge in [-0.05, 0) is 50.2 Å². The second-order valence-corrected chi connectivity index (χ2v) is 9.13. The van der Waals surface area contributed by atoms with E-state index in [2.05, 4.69) is 25.4 Å². The second-order valence-electron chi connectivity index (χ2n) is 7.33. The minimum Gasteiger partial charge on any atom is -0.366 e. The Morgan fingerprint density at radius 1 is 1.20 bits per heavy atom. The third-order valence-electron chi connectivity index (χ3n) is 5.17. The number of thiophene rings is 1. The highest BCUT2D eigenvalue weighted by Gasteiger charge is 2.32. The first-order valence-electron chi connectivity index (χ1n) is 9.66. The van der Waals surface area contributed by atoms with Crippen LogP contribution in [-0.2, 0) is 19.3 Å². The van der Waals surface area contributed by atoms with Crippen molar-refractivity contribution in [3.63, 3.8) is 0 Å². The zero-order valence-corrected chi connectivity index (χ0v) is 17.6. The van der Waals surface area contributed by atoms with Crippen LogP contribution in [0.1, 0.15) is 40.7 Å². The molecule has 10 heteroatoms. The molecule has 30 heavy (non-hydrogen) atoms. The Morgan fingerprint density at radius 2 is 2.00 bits per heavy atom. The molecule has 0 saturated carbocycles. The molecule has 4 rings (SSSR count). The van der Waals surface area contributed by atoms with Crippen LogP contribution in [0.2, 0.25) is 4.34 Å². The van der Waals surface area contributed by atoms with Gasteiger partial charge in [0.1, 0.15) is 11.5 Å². The molecule has 1 saturated heterocycles. The van der Waals surface area contributed by atoms with Crippen molar-refractivity contribution in [2.75, 3.05) is 18.4 Å². The number of H-pyrrole nitrogens is 1. The predicted molar refractivity (Wildman–Crippen MR) is 112 cm³/mol. The maximum atomic E-state index is 12.8. The summed E-state index contributed by atoms with van der Waals surface area (Å²) in [5.41, 5.74) is 0.623. The molecule has 160 valence electrons. The molecule has 0 atom stereocenters. The molecule has 4 heterocycles. The highest BCUT2D eigenvalue weighted by atomic mass is 35.5. The molecule has 0 radical (unpaired) electrons. The van der Waals surface area contributed by atoms with E-state index in [4.69, 9.17) is 11.6 Å². The number of alkyl halides is 3. The molecule has 0 aromatic carbocycles. The van der Waals surface area contributed by atoms with E-state index in [1.807, 2.05) is 18.2 Å². The van der Waals surface area contributed by atoms with Gasteiger partial charge < -0.3 is 5.32 Å². The summed E-state index contributed by atoms with van der Waals surface area (Å²) in [7, 11) is 0. The maximum absolute atomic E-state index is 12.8. The van der Waals surface area contributed by atoms with Crippen LogP contribution in [0.5, 0.6) is 0 Å². The highest BCUT2D eigenvalue weighted by Crippen LogP contribution is 2.30. The van der Waals surface area contributed by atoms with E-state index in [0.29, 0.717) is 24.7 Å². The van der Waals surface area contributed by atoms with Gasteiger partial charge in [0, 0.05) is 23.4 Å². The molecule has 3 aromatic heterocycles. The molecule has 1 aliphatic rings. The van der Waals surface area contributed by atoms with Gasteiger partial charge in [-0.2, -0.15) is 18.3 Å². The molecule has 5 nitrogen and oxygen atoms in total. The third kappa shape index (κ3) is 5.33. The first-order valence-corrected chi connectivity index (χ1v) is 10.8. The summed E-state index contributed by atoms with van der Waals surface area (Å²) >= 11 is 7.49. The number of halogens is 4. The molecule has 0 unspecified atom stereocenters. The molecular formula is C20H21ClF3N5S. The van der Waals surface area contributed by atoms with E-state index in [-0.39, 0.29) is 0 Å². The number of anilines is 1. The Labute approximate surface area is 181 Å². The van der Waals surface area contributed by atoms with Crippen LogP contribution >= 0.6 is 22.9 Å². The zero-order chi connectivity index (χ0) is 21.1. The summed E-state index contributed by atoms with van der Waals surface area (Å²) in [6, 6.07) is 9.97. The summed E-state index contributed by atoms with van der Waals surface area (Å²) in [5, 5.41) is 10.8. The van der Waals surface area contributed by atoms with Crippen LogP contribution in [0.25, 0.3) is 0 Å². The van der Waals surface area contributed by atoms with E-state index in [0.717, 1.165) is 52.7 Å². The van der Waals surface area contributed by atoms with Crippen molar-refractivity contribution in [2.45, 2.75) is 38.0 Å². The Morgan fingerprint density at radius 3 is 2.70 bits per heavy atom. The lowest BCUT2D eigenvalue weighted by Crippen LogP contribution is -2.33. The van der Waals surface area contributed by atoms with Crippen LogP contribution in [0.15, 0.2) is 36.4 Å². The largest absolute Gasteiger partial charge is 0.433 e. The Kier molecular flexibility index (Phi) is 6.31. The molecule has 2 N–H and O–H groups in total. The van der Waals surface area contributed by atoms with Gasteiger partial charge in [-0.15, -0.1) is 11.3 Å². The summed E-state index contributed by atoms with van der Waals surface area (Å²) < 4.78 is 39.3. The van der Waals surface area contributed by atoms with Gasteiger partial charge >= 0.3 is 6.18 Å². The smallest absolute Gasteiger partial charge is 0.366 e. The predicted octanol–water partition coefficient (Wildman–Crippen LogP) is 5.53. The molecule has 3 aromatic rings. The number of aromatic nitrogens is 3. The highest BCUT2D eigenvalue weighted by molar-refractivity contribution is 7.16. The van der Waals surface area contributed by atoms with Crippen molar-refractivity contribution >= 4 is 28.8 Å². The first kappa shape index (κ1) is 21.1. The second kappa shape index (κ2) is 8.95. The number of hydrogen-bond donors (Lipinski definition) is 2. The molecule has 1 fully saturated rings. The van der Waals surface area contributed by atoms with Crippen LogP contribution in [0.4, 0.5) is 19.0 Å². The van der Waals surface area contributed by atoms with Crippen molar-refractivity contribution in [3.05, 3.63) is 62.7 Å². The minimum absolute atomic E-state index is 0.332. The van der Waals surface area contributed by atoms with Gasteiger partial charge in [-0.25, -0.2) is 4.98 Å². The minimum atomic E-state index is -4.41. The lowest BCUT2D eigenvalue weighted by Gasteiger charge is -2.30. The first-order chi connectivity index (χ1) is 14.4. The summed E-state index contributed by atoms with van der Waals surface area (Å²) in [5.74, 6) is 1.20. The van der Waals surface area contributed by atoms with Gasteiger partial charge in [-0.3, -0.25) is 10.00 Å². The molecule has 0 spiro atoms. The lowest BCUT2D eigenvalue weighted by molar-refractivity contribution is -0.141. The van der Waals surface area contributed by atoms with Crippen molar-refractivity contribution in [2.24, 2.45) is 0 Å². The third-order valence-corrected chi connectivity index (χ3v) is 6.40. The fourth-order valence-electron chi connectivity index (χ4n) is 3.61. The summed E-state index contributed by atoms with van der Waals surface area (Å²) in [4.78, 5) is 7.06. The Balaban J connectivity index is 1.28. The number of rotatable bonds is 6. The van der Waals surface area contributed by atoms with Crippen molar-refractivity contribution in [3.8, 4) is 0 Å². The van der Waals surface area contributed by atoms with E-state index < -0.39 is 11.9 Å². The van der Waals surface area contributed by atoms with Crippen LogP contribution in [0, 0.1) is 0 Å². The van der Waals surface area contributed by atoms with Crippen LogP contribution in [-0.4, -0.2) is 33.2 Å². The van der Waals surface area contributed by atoms with Crippen LogP contribution < -0.4 is 5.32 Å². The van der Waals surface area contributed by atoms with Crippen molar-refractivity contribution in [1.29, 1.82) is 0 Å². The topological polar surface area (TPSA) is 56.8 Å². The number of likely N-dealkylation sites (tertiary alicyclic amines) is 1. The normalized spacial score (nSPS) is 16.1. The fourth-order valence-corrected chi connectivity index (χ4v) is 4.63. The van der Waals surface area contributed by atoms with Crippen molar-refractivity contribution < 1.29 is 13.2 Å². The zero-order valence-electron chi connectivity index (χ0n) is 16.0. The monoisotopic (exact) mass is 455 g/mol. The van der Waals surface area contributed by atoms with Gasteiger partial charge in [0.25, 0.3) is 0 Å².